The molecule has 1 N–H and O–H groups in total. The SMILES string of the molecule is [H-].[H-].[H-].[K+].[Li+].[O]=[Nb](=[O])[OH].[Rb+]. The zero-order valence-corrected chi connectivity index (χ0v) is 14.9. The van der Waals surface area contributed by atoms with Crippen LogP contribution in [0.4, 0.5) is 0 Å². The Labute approximate surface area is 157 Å². The maximum absolute atomic E-state index is 8.71. The van der Waals surface area contributed by atoms with Gasteiger partial charge in [0.15, 0.2) is 0 Å². The van der Waals surface area contributed by atoms with Gasteiger partial charge in [-0.05, 0) is 0 Å². The summed E-state index contributed by atoms with van der Waals surface area (Å²) >= 11 is -3.95. The Balaban J connectivity index is -0.00000000300. The second-order valence-corrected chi connectivity index (χ2v) is 1.41. The van der Waals surface area contributed by atoms with Gasteiger partial charge in [-0.2, -0.15) is 0 Å². The molecular weight excluding hydrogens is 272 g/mol. The van der Waals surface area contributed by atoms with Gasteiger partial charge in [0, 0.05) is 0 Å². The van der Waals surface area contributed by atoms with Gasteiger partial charge in [0.25, 0.3) is 0 Å². The molecule has 0 radical (unpaired) electrons. The molecule has 0 aliphatic rings. The van der Waals surface area contributed by atoms with Crippen molar-refractivity contribution in [1.82, 2.24) is 0 Å². The van der Waals surface area contributed by atoms with Crippen molar-refractivity contribution in [3.05, 3.63) is 0 Å². The van der Waals surface area contributed by atoms with Gasteiger partial charge in [-0.1, -0.05) is 0 Å². The predicted molar refractivity (Wildman–Crippen MR) is 6.93 cm³/mol. The minimum absolute atomic E-state index is 0. The topological polar surface area (TPSA) is 54.4 Å². The van der Waals surface area contributed by atoms with E-state index in [1.54, 1.807) is 0 Å². The molecule has 0 spiro atoms. The normalized spacial score (nSPS) is 3.57. The molecule has 0 rings (SSSR count). The first kappa shape index (κ1) is 22.5. The number of rotatable bonds is 0. The molecule has 30 valence electrons. The Bertz CT molecular complexity index is 72.1. The van der Waals surface area contributed by atoms with E-state index < -0.39 is 18.8 Å². The first-order chi connectivity index (χ1) is 1.73. The summed E-state index contributed by atoms with van der Waals surface area (Å²) in [5.41, 5.74) is 0. The van der Waals surface area contributed by atoms with E-state index >= 15 is 0 Å². The fraction of sp³-hybridized carbons (Fsp3) is 0. The molecule has 0 aliphatic heterocycles. The Morgan fingerprint density at radius 3 is 1.43 bits per heavy atom. The van der Waals surface area contributed by atoms with Crippen LogP contribution in [0.5, 0.6) is 0 Å². The van der Waals surface area contributed by atoms with Crippen LogP contribution in [0.15, 0.2) is 0 Å². The molecule has 0 fully saturated rings. The molecule has 7 heavy (non-hydrogen) atoms. The molecule has 0 amide bonds. The molecular formula is H4KLiNbO3Rb. The van der Waals surface area contributed by atoms with Gasteiger partial charge in [0.1, 0.15) is 0 Å². The van der Waals surface area contributed by atoms with Crippen molar-refractivity contribution in [1.29, 1.82) is 0 Å². The van der Waals surface area contributed by atoms with Crippen LogP contribution in [-0.4, -0.2) is 3.61 Å². The van der Waals surface area contributed by atoms with E-state index in [9.17, 15) is 0 Å². The summed E-state index contributed by atoms with van der Waals surface area (Å²) in [5.74, 6) is 0. The third-order valence-corrected chi connectivity index (χ3v) is 0. The average molecular weight is 276 g/mol. The van der Waals surface area contributed by atoms with E-state index in [2.05, 4.69) is 0 Å². The zero-order valence-electron chi connectivity index (χ0n) is 7.71. The maximum atomic E-state index is 8.71. The molecule has 0 aromatic rings. The molecule has 0 saturated carbocycles. The van der Waals surface area contributed by atoms with Gasteiger partial charge in [0.2, 0.25) is 0 Å². The van der Waals surface area contributed by atoms with Gasteiger partial charge in [-0.3, -0.25) is 0 Å². The van der Waals surface area contributed by atoms with E-state index in [4.69, 9.17) is 10.1 Å². The molecule has 0 atom stereocenters. The first-order valence-corrected chi connectivity index (χ1v) is 3.34. The van der Waals surface area contributed by atoms with Crippen LogP contribution < -0.4 is 128 Å². The Kier molecular flexibility index (Phi) is 53.8. The summed E-state index contributed by atoms with van der Waals surface area (Å²) in [7, 11) is 0. The summed E-state index contributed by atoms with van der Waals surface area (Å²) in [6.07, 6.45) is 0. The van der Waals surface area contributed by atoms with Gasteiger partial charge in [0.05, 0.1) is 0 Å². The van der Waals surface area contributed by atoms with Gasteiger partial charge >= 0.3 is 157 Å². The smallest absolute Gasteiger partial charge is 1.00 e. The van der Waals surface area contributed by atoms with Crippen LogP contribution in [0.3, 0.4) is 0 Å². The van der Waals surface area contributed by atoms with Crippen LogP contribution >= 0.6 is 0 Å². The zero-order chi connectivity index (χ0) is 3.58. The van der Waals surface area contributed by atoms with Crippen molar-refractivity contribution in [2.75, 3.05) is 0 Å². The summed E-state index contributed by atoms with van der Waals surface area (Å²) in [6.45, 7) is 0. The van der Waals surface area contributed by atoms with Crippen molar-refractivity contribution < 1.29 is 162 Å². The number of hydrogen-bond acceptors (Lipinski definition) is 2. The van der Waals surface area contributed by atoms with Crippen molar-refractivity contribution in [3.8, 4) is 0 Å². The predicted octanol–water partition coefficient (Wildman–Crippen LogP) is -9.45. The largest absolute Gasteiger partial charge is 1.00 e. The third kappa shape index (κ3) is 38.2. The van der Waals surface area contributed by atoms with Crippen LogP contribution in [0.25, 0.3) is 0 Å². The Morgan fingerprint density at radius 1 is 1.43 bits per heavy atom. The average Bonchev–Trinajstić information content (AvgIpc) is 0.811. The van der Waals surface area contributed by atoms with Crippen molar-refractivity contribution in [2.45, 2.75) is 0 Å². The van der Waals surface area contributed by atoms with Crippen LogP contribution in [0.1, 0.15) is 4.28 Å². The van der Waals surface area contributed by atoms with Gasteiger partial charge in [-0.15, -0.1) is 0 Å². The van der Waals surface area contributed by atoms with Crippen LogP contribution in [0, 0.1) is 0 Å². The third-order valence-electron chi connectivity index (χ3n) is 0. The van der Waals surface area contributed by atoms with Gasteiger partial charge in [-0.25, -0.2) is 0 Å². The fourth-order valence-electron chi connectivity index (χ4n) is 0. The Morgan fingerprint density at radius 2 is 1.43 bits per heavy atom. The van der Waals surface area contributed by atoms with Crippen molar-refractivity contribution >= 4 is 0 Å². The summed E-state index contributed by atoms with van der Waals surface area (Å²) in [6, 6.07) is 0. The van der Waals surface area contributed by atoms with E-state index in [1.165, 1.54) is 0 Å². The molecule has 0 aromatic carbocycles. The van der Waals surface area contributed by atoms with E-state index in [1.807, 2.05) is 0 Å². The molecule has 3 nitrogen and oxygen atoms in total. The summed E-state index contributed by atoms with van der Waals surface area (Å²) < 4.78 is 24.6. The first-order valence-electron chi connectivity index (χ1n) is 0.565. The van der Waals surface area contributed by atoms with Gasteiger partial charge < -0.3 is 4.28 Å². The van der Waals surface area contributed by atoms with E-state index in [0.717, 1.165) is 0 Å². The fourth-order valence-corrected chi connectivity index (χ4v) is 0. The molecule has 0 aliphatic carbocycles. The quantitative estimate of drug-likeness (QED) is 0.447. The minimum Gasteiger partial charge on any atom is 1.00 e. The molecule has 0 saturated heterocycles. The summed E-state index contributed by atoms with van der Waals surface area (Å²) in [5, 5.41) is 0. The number of hydrogen-bond donors (Lipinski definition) is 1. The van der Waals surface area contributed by atoms with E-state index in [-0.39, 0.29) is 133 Å². The Hall–Kier alpha value is 4.34. The molecule has 0 heterocycles. The molecule has 0 bridgehead atoms. The van der Waals surface area contributed by atoms with Crippen molar-refractivity contribution in [3.63, 3.8) is 0 Å². The molecule has 7 heteroatoms. The second kappa shape index (κ2) is 16.7. The summed E-state index contributed by atoms with van der Waals surface area (Å²) in [4.78, 5) is 0. The monoisotopic (exact) mass is 276 g/mol. The molecule has 0 aromatic heterocycles. The van der Waals surface area contributed by atoms with E-state index in [0.29, 0.717) is 0 Å². The maximum Gasteiger partial charge on any atom is 1.00 e. The van der Waals surface area contributed by atoms with Crippen molar-refractivity contribution in [2.24, 2.45) is 0 Å². The second-order valence-electron chi connectivity index (χ2n) is 0.238. The standard InChI is InChI=1S/K.Li.Nb.H2O.2O.Rb.3H/h;;;1H2;;;;;;/q3*+1;;;;+1;3*-1/p-1. The minimum atomic E-state index is -3.95. The van der Waals surface area contributed by atoms with Crippen LogP contribution in [0.2, 0.25) is 0 Å². The molecule has 0 unspecified atom stereocenters. The van der Waals surface area contributed by atoms with Crippen LogP contribution in [-0.2, 0) is 25.3 Å².